The SMILES string of the molecule is COC1(CC(NN)c2c(Cl)cnn2CCN(C)C)CCC1. The summed E-state index contributed by atoms with van der Waals surface area (Å²) >= 11 is 6.33. The average molecular weight is 316 g/mol. The van der Waals surface area contributed by atoms with Crippen LogP contribution in [0, 0.1) is 0 Å². The van der Waals surface area contributed by atoms with Crippen molar-refractivity contribution >= 4 is 11.6 Å². The molecule has 0 saturated heterocycles. The Bertz CT molecular complexity index is 453. The minimum absolute atomic E-state index is 0.0533. The summed E-state index contributed by atoms with van der Waals surface area (Å²) in [7, 11) is 5.85. The highest BCUT2D eigenvalue weighted by atomic mass is 35.5. The summed E-state index contributed by atoms with van der Waals surface area (Å²) in [5.74, 6) is 5.78. The quantitative estimate of drug-likeness (QED) is 0.563. The molecular weight excluding hydrogens is 290 g/mol. The number of hydrazine groups is 1. The van der Waals surface area contributed by atoms with Crippen molar-refractivity contribution in [1.82, 2.24) is 20.1 Å². The highest BCUT2D eigenvalue weighted by Gasteiger charge is 2.40. The van der Waals surface area contributed by atoms with E-state index in [1.807, 2.05) is 18.8 Å². The lowest BCUT2D eigenvalue weighted by Gasteiger charge is -2.42. The minimum Gasteiger partial charge on any atom is -0.378 e. The molecule has 120 valence electrons. The Hall–Kier alpha value is -0.660. The first-order valence-electron chi connectivity index (χ1n) is 7.38. The second kappa shape index (κ2) is 7.07. The lowest BCUT2D eigenvalue weighted by atomic mass is 9.75. The van der Waals surface area contributed by atoms with Gasteiger partial charge in [0.2, 0.25) is 0 Å². The molecule has 0 spiro atoms. The van der Waals surface area contributed by atoms with Crippen LogP contribution in [0.25, 0.3) is 0 Å². The van der Waals surface area contributed by atoms with E-state index in [1.165, 1.54) is 6.42 Å². The van der Waals surface area contributed by atoms with Crippen LogP contribution in [0.1, 0.15) is 37.4 Å². The molecule has 1 aliphatic carbocycles. The Morgan fingerprint density at radius 1 is 1.57 bits per heavy atom. The number of nitrogens with one attached hydrogen (secondary N) is 1. The molecule has 21 heavy (non-hydrogen) atoms. The molecule has 1 fully saturated rings. The van der Waals surface area contributed by atoms with E-state index in [1.54, 1.807) is 13.3 Å². The van der Waals surface area contributed by atoms with Gasteiger partial charge >= 0.3 is 0 Å². The highest BCUT2D eigenvalue weighted by Crippen LogP contribution is 2.42. The lowest BCUT2D eigenvalue weighted by Crippen LogP contribution is -2.44. The fourth-order valence-electron chi connectivity index (χ4n) is 2.86. The number of nitrogens with two attached hydrogens (primary N) is 1. The summed E-state index contributed by atoms with van der Waals surface area (Å²) in [6.07, 6.45) is 5.86. The summed E-state index contributed by atoms with van der Waals surface area (Å²) < 4.78 is 7.64. The largest absolute Gasteiger partial charge is 0.378 e. The van der Waals surface area contributed by atoms with Crippen LogP contribution in [0.4, 0.5) is 0 Å². The van der Waals surface area contributed by atoms with Crippen LogP contribution in [-0.2, 0) is 11.3 Å². The fraction of sp³-hybridized carbons (Fsp3) is 0.786. The molecule has 2 rings (SSSR count). The van der Waals surface area contributed by atoms with E-state index in [4.69, 9.17) is 22.2 Å². The van der Waals surface area contributed by atoms with Gasteiger partial charge in [-0.3, -0.25) is 16.0 Å². The second-order valence-corrected chi connectivity index (χ2v) is 6.48. The first kappa shape index (κ1) is 16.7. The van der Waals surface area contributed by atoms with Crippen LogP contribution in [0.5, 0.6) is 0 Å². The molecule has 1 unspecified atom stereocenters. The van der Waals surface area contributed by atoms with Gasteiger partial charge in [0.1, 0.15) is 0 Å². The van der Waals surface area contributed by atoms with Crippen molar-refractivity contribution in [3.05, 3.63) is 16.9 Å². The number of methoxy groups -OCH3 is 1. The van der Waals surface area contributed by atoms with E-state index in [0.29, 0.717) is 5.02 Å². The van der Waals surface area contributed by atoms with Crippen molar-refractivity contribution in [1.29, 1.82) is 0 Å². The van der Waals surface area contributed by atoms with E-state index in [0.717, 1.165) is 38.0 Å². The van der Waals surface area contributed by atoms with Crippen molar-refractivity contribution in [3.63, 3.8) is 0 Å². The molecule has 0 bridgehead atoms. The Kier molecular flexibility index (Phi) is 5.62. The summed E-state index contributed by atoms with van der Waals surface area (Å²) in [5.41, 5.74) is 3.77. The minimum atomic E-state index is -0.0724. The molecule has 7 heteroatoms. The third-order valence-corrected chi connectivity index (χ3v) is 4.69. The molecule has 1 heterocycles. The van der Waals surface area contributed by atoms with Crippen LogP contribution in [0.2, 0.25) is 5.02 Å². The van der Waals surface area contributed by atoms with E-state index in [-0.39, 0.29) is 11.6 Å². The predicted molar refractivity (Wildman–Crippen MR) is 84.1 cm³/mol. The molecule has 1 atom stereocenters. The van der Waals surface area contributed by atoms with Crippen molar-refractivity contribution in [3.8, 4) is 0 Å². The molecule has 1 aromatic rings. The Labute approximate surface area is 131 Å². The number of hydrogen-bond acceptors (Lipinski definition) is 5. The second-order valence-electron chi connectivity index (χ2n) is 6.07. The monoisotopic (exact) mass is 315 g/mol. The molecular formula is C14H26ClN5O. The van der Waals surface area contributed by atoms with Gasteiger partial charge in [-0.2, -0.15) is 5.10 Å². The third-order valence-electron chi connectivity index (χ3n) is 4.40. The van der Waals surface area contributed by atoms with E-state index >= 15 is 0 Å². The average Bonchev–Trinajstić information content (AvgIpc) is 2.78. The maximum Gasteiger partial charge on any atom is 0.0834 e. The van der Waals surface area contributed by atoms with Gasteiger partial charge in [-0.1, -0.05) is 11.6 Å². The number of hydrogen-bond donors (Lipinski definition) is 2. The molecule has 1 aromatic heterocycles. The van der Waals surface area contributed by atoms with E-state index in [9.17, 15) is 0 Å². The third kappa shape index (κ3) is 3.76. The number of rotatable bonds is 8. The van der Waals surface area contributed by atoms with Gasteiger partial charge in [-0.05, 0) is 39.8 Å². The van der Waals surface area contributed by atoms with Gasteiger partial charge in [-0.15, -0.1) is 0 Å². The van der Waals surface area contributed by atoms with Gasteiger partial charge in [-0.25, -0.2) is 0 Å². The first-order chi connectivity index (χ1) is 10.0. The summed E-state index contributed by atoms with van der Waals surface area (Å²) in [5, 5.41) is 5.03. The van der Waals surface area contributed by atoms with Gasteiger partial charge in [0, 0.05) is 13.7 Å². The van der Waals surface area contributed by atoms with Gasteiger partial charge in [0.05, 0.1) is 35.1 Å². The molecule has 0 radical (unpaired) electrons. The maximum atomic E-state index is 6.33. The molecule has 3 N–H and O–H groups in total. The normalized spacial score (nSPS) is 18.8. The van der Waals surface area contributed by atoms with Crippen molar-refractivity contribution in [2.45, 2.75) is 43.9 Å². The molecule has 6 nitrogen and oxygen atoms in total. The summed E-state index contributed by atoms with van der Waals surface area (Å²) in [4.78, 5) is 2.12. The van der Waals surface area contributed by atoms with E-state index < -0.39 is 0 Å². The van der Waals surface area contributed by atoms with Gasteiger partial charge < -0.3 is 9.64 Å². The smallest absolute Gasteiger partial charge is 0.0834 e. The fourth-order valence-corrected chi connectivity index (χ4v) is 3.13. The number of aromatic nitrogens is 2. The standard InChI is InChI=1S/C14H26ClN5O/c1-19(2)7-8-20-13(11(15)10-17-20)12(18-16)9-14(21-3)5-4-6-14/h10,12,18H,4-9,16H2,1-3H3. The number of likely N-dealkylation sites (N-methyl/N-ethyl adjacent to an activating group) is 1. The number of nitrogens with zero attached hydrogens (tertiary/aromatic N) is 3. The summed E-state index contributed by atoms with van der Waals surface area (Å²) in [6.45, 7) is 1.69. The van der Waals surface area contributed by atoms with Crippen LogP contribution in [0.15, 0.2) is 6.20 Å². The number of ether oxygens (including phenoxy) is 1. The summed E-state index contributed by atoms with van der Waals surface area (Å²) in [6, 6.07) is -0.0533. The van der Waals surface area contributed by atoms with Crippen molar-refractivity contribution < 1.29 is 4.74 Å². The van der Waals surface area contributed by atoms with Crippen molar-refractivity contribution in [2.24, 2.45) is 5.84 Å². The molecule has 0 amide bonds. The number of halogens is 1. The zero-order valence-corrected chi connectivity index (χ0v) is 13.9. The zero-order chi connectivity index (χ0) is 15.5. The zero-order valence-electron chi connectivity index (χ0n) is 13.1. The molecule has 1 aliphatic rings. The Morgan fingerprint density at radius 2 is 2.29 bits per heavy atom. The molecule has 0 aliphatic heterocycles. The van der Waals surface area contributed by atoms with Crippen LogP contribution >= 0.6 is 11.6 Å². The van der Waals surface area contributed by atoms with Gasteiger partial charge in [0.15, 0.2) is 0 Å². The lowest BCUT2D eigenvalue weighted by molar-refractivity contribution is -0.0843. The van der Waals surface area contributed by atoms with Crippen molar-refractivity contribution in [2.75, 3.05) is 27.7 Å². The van der Waals surface area contributed by atoms with Crippen LogP contribution in [-0.4, -0.2) is 48.0 Å². The van der Waals surface area contributed by atoms with Crippen LogP contribution < -0.4 is 11.3 Å². The molecule has 0 aromatic carbocycles. The van der Waals surface area contributed by atoms with Gasteiger partial charge in [0.25, 0.3) is 0 Å². The first-order valence-corrected chi connectivity index (χ1v) is 7.76. The van der Waals surface area contributed by atoms with Crippen LogP contribution in [0.3, 0.4) is 0 Å². The highest BCUT2D eigenvalue weighted by molar-refractivity contribution is 6.31. The Balaban J connectivity index is 2.15. The topological polar surface area (TPSA) is 68.3 Å². The molecule has 1 saturated carbocycles. The maximum absolute atomic E-state index is 6.33. The van der Waals surface area contributed by atoms with E-state index in [2.05, 4.69) is 15.4 Å². The Morgan fingerprint density at radius 3 is 2.76 bits per heavy atom. The predicted octanol–water partition coefficient (Wildman–Crippen LogP) is 1.56.